The van der Waals surface area contributed by atoms with E-state index in [1.165, 1.54) is 6.42 Å². The second-order valence-electron chi connectivity index (χ2n) is 5.62. The van der Waals surface area contributed by atoms with Crippen molar-refractivity contribution >= 4 is 27.6 Å². The molecule has 1 fully saturated rings. The number of carbonyl (C=O) groups is 1. The summed E-state index contributed by atoms with van der Waals surface area (Å²) in [6.07, 6.45) is 5.56. The highest BCUT2D eigenvalue weighted by atomic mass is 79.9. The second-order valence-corrected chi connectivity index (χ2v) is 6.54. The van der Waals surface area contributed by atoms with Crippen LogP contribution in [0.2, 0.25) is 0 Å². The predicted octanol–water partition coefficient (Wildman–Crippen LogP) is 4.47. The maximum absolute atomic E-state index is 12.3. The quantitative estimate of drug-likeness (QED) is 0.653. The zero-order chi connectivity index (χ0) is 14.7. The molecule has 0 spiro atoms. The van der Waals surface area contributed by atoms with Crippen LogP contribution in [0.3, 0.4) is 0 Å². The molecule has 1 saturated carbocycles. The van der Waals surface area contributed by atoms with Crippen LogP contribution in [-0.2, 0) is 4.74 Å². The third-order valence-electron chi connectivity index (χ3n) is 4.28. The minimum absolute atomic E-state index is 0.0601. The molecule has 1 aliphatic rings. The summed E-state index contributed by atoms with van der Waals surface area (Å²) < 4.78 is 6.45. The number of halogens is 1. The third kappa shape index (κ3) is 3.54. The van der Waals surface area contributed by atoms with Crippen LogP contribution in [0, 0.1) is 12.8 Å². The van der Waals surface area contributed by atoms with Crippen molar-refractivity contribution in [2.75, 3.05) is 5.73 Å². The van der Waals surface area contributed by atoms with Crippen molar-refractivity contribution in [1.29, 1.82) is 0 Å². The van der Waals surface area contributed by atoms with E-state index < -0.39 is 0 Å². The normalized spacial score (nSPS) is 22.6. The highest BCUT2D eigenvalue weighted by Crippen LogP contribution is 2.30. The lowest BCUT2D eigenvalue weighted by Gasteiger charge is -2.27. The maximum Gasteiger partial charge on any atom is 0.338 e. The molecule has 0 aliphatic heterocycles. The fourth-order valence-electron chi connectivity index (χ4n) is 2.78. The van der Waals surface area contributed by atoms with Gasteiger partial charge >= 0.3 is 5.97 Å². The van der Waals surface area contributed by atoms with E-state index in [4.69, 9.17) is 10.5 Å². The number of hydrogen-bond donors (Lipinski definition) is 1. The maximum atomic E-state index is 12.3. The summed E-state index contributed by atoms with van der Waals surface area (Å²) in [6.45, 7) is 4.08. The first-order valence-corrected chi connectivity index (χ1v) is 8.07. The zero-order valence-corrected chi connectivity index (χ0v) is 13.7. The molecule has 0 aromatic heterocycles. The fourth-order valence-corrected chi connectivity index (χ4v) is 3.26. The molecular weight excluding hydrogens is 318 g/mol. The van der Waals surface area contributed by atoms with Gasteiger partial charge in [0.2, 0.25) is 0 Å². The fraction of sp³-hybridized carbons (Fsp3) is 0.562. The van der Waals surface area contributed by atoms with E-state index in [0.717, 1.165) is 41.6 Å². The summed E-state index contributed by atoms with van der Waals surface area (Å²) in [6, 6.07) is 3.59. The molecule has 20 heavy (non-hydrogen) atoms. The van der Waals surface area contributed by atoms with Crippen LogP contribution in [-0.4, -0.2) is 12.1 Å². The molecular formula is C16H22BrNO2. The van der Waals surface area contributed by atoms with E-state index in [0.29, 0.717) is 11.3 Å². The topological polar surface area (TPSA) is 52.3 Å². The number of ether oxygens (including phenoxy) is 1. The van der Waals surface area contributed by atoms with Gasteiger partial charge in [0, 0.05) is 10.2 Å². The monoisotopic (exact) mass is 339 g/mol. The molecule has 0 saturated heterocycles. The van der Waals surface area contributed by atoms with Crippen molar-refractivity contribution in [2.45, 2.75) is 52.1 Å². The van der Waals surface area contributed by atoms with Crippen LogP contribution >= 0.6 is 15.9 Å². The summed E-state index contributed by atoms with van der Waals surface area (Å²) >= 11 is 3.37. The zero-order valence-electron chi connectivity index (χ0n) is 12.1. The number of carbonyl (C=O) groups excluding carboxylic acids is 1. The van der Waals surface area contributed by atoms with Crippen molar-refractivity contribution in [1.82, 2.24) is 0 Å². The van der Waals surface area contributed by atoms with E-state index >= 15 is 0 Å². The molecule has 0 heterocycles. The first-order valence-electron chi connectivity index (χ1n) is 7.27. The van der Waals surface area contributed by atoms with Crippen LogP contribution in [0.4, 0.5) is 5.69 Å². The Morgan fingerprint density at radius 2 is 2.00 bits per heavy atom. The minimum atomic E-state index is -0.254. The average molecular weight is 340 g/mol. The Hall–Kier alpha value is -1.03. The van der Waals surface area contributed by atoms with Gasteiger partial charge < -0.3 is 10.5 Å². The molecule has 0 bridgehead atoms. The lowest BCUT2D eigenvalue weighted by atomic mass is 9.86. The van der Waals surface area contributed by atoms with E-state index in [2.05, 4.69) is 22.9 Å². The highest BCUT2D eigenvalue weighted by Gasteiger charge is 2.24. The van der Waals surface area contributed by atoms with Crippen LogP contribution in [0.25, 0.3) is 0 Å². The molecule has 0 unspecified atom stereocenters. The van der Waals surface area contributed by atoms with E-state index in [-0.39, 0.29) is 12.1 Å². The van der Waals surface area contributed by atoms with Crippen LogP contribution in [0.15, 0.2) is 16.6 Å². The van der Waals surface area contributed by atoms with Crippen molar-refractivity contribution in [3.63, 3.8) is 0 Å². The Kier molecular flexibility index (Phi) is 5.08. The van der Waals surface area contributed by atoms with Crippen molar-refractivity contribution in [3.05, 3.63) is 27.7 Å². The Morgan fingerprint density at radius 3 is 2.60 bits per heavy atom. The smallest absolute Gasteiger partial charge is 0.338 e. The Morgan fingerprint density at radius 1 is 1.35 bits per heavy atom. The number of rotatable bonds is 3. The standard InChI is InChI=1S/C16H22BrNO2/c1-3-11-4-6-13(7-5-11)20-16(19)14-8-12(17)9-15(18)10(14)2/h8-9,11,13H,3-7,18H2,1-2H3. The van der Waals surface area contributed by atoms with Crippen LogP contribution in [0.5, 0.6) is 0 Å². The molecule has 3 nitrogen and oxygen atoms in total. The SMILES string of the molecule is CCC1CCC(OC(=O)c2cc(Br)cc(N)c2C)CC1. The Balaban J connectivity index is 2.02. The largest absolute Gasteiger partial charge is 0.459 e. The van der Waals surface area contributed by atoms with Gasteiger partial charge in [0.05, 0.1) is 5.56 Å². The molecule has 1 aromatic rings. The number of nitrogens with two attached hydrogens (primary N) is 1. The molecule has 0 atom stereocenters. The van der Waals surface area contributed by atoms with Gasteiger partial charge in [-0.15, -0.1) is 0 Å². The van der Waals surface area contributed by atoms with Gasteiger partial charge in [-0.05, 0) is 56.2 Å². The lowest BCUT2D eigenvalue weighted by Crippen LogP contribution is -2.24. The summed E-state index contributed by atoms with van der Waals surface area (Å²) in [5.41, 5.74) is 7.86. The van der Waals surface area contributed by atoms with Crippen LogP contribution in [0.1, 0.15) is 54.9 Å². The van der Waals surface area contributed by atoms with Gasteiger partial charge in [0.15, 0.2) is 0 Å². The van der Waals surface area contributed by atoms with Gasteiger partial charge in [-0.3, -0.25) is 0 Å². The molecule has 0 radical (unpaired) electrons. The number of esters is 1. The molecule has 2 rings (SSSR count). The summed E-state index contributed by atoms with van der Waals surface area (Å²) in [5, 5.41) is 0. The lowest BCUT2D eigenvalue weighted by molar-refractivity contribution is 0.0163. The molecule has 1 aliphatic carbocycles. The molecule has 110 valence electrons. The predicted molar refractivity (Wildman–Crippen MR) is 84.7 cm³/mol. The Bertz CT molecular complexity index is 493. The summed E-state index contributed by atoms with van der Waals surface area (Å²) in [4.78, 5) is 12.3. The Labute approximate surface area is 129 Å². The summed E-state index contributed by atoms with van der Waals surface area (Å²) in [7, 11) is 0. The summed E-state index contributed by atoms with van der Waals surface area (Å²) in [5.74, 6) is 0.545. The highest BCUT2D eigenvalue weighted by molar-refractivity contribution is 9.10. The van der Waals surface area contributed by atoms with E-state index in [1.807, 2.05) is 6.92 Å². The average Bonchev–Trinajstić information content (AvgIpc) is 2.43. The number of anilines is 1. The first-order chi connectivity index (χ1) is 9.51. The van der Waals surface area contributed by atoms with E-state index in [9.17, 15) is 4.79 Å². The molecule has 2 N–H and O–H groups in total. The minimum Gasteiger partial charge on any atom is -0.459 e. The van der Waals surface area contributed by atoms with Crippen molar-refractivity contribution in [2.24, 2.45) is 5.92 Å². The van der Waals surface area contributed by atoms with Crippen LogP contribution < -0.4 is 5.73 Å². The molecule has 1 aromatic carbocycles. The van der Waals surface area contributed by atoms with Gasteiger partial charge in [-0.1, -0.05) is 29.3 Å². The number of benzene rings is 1. The van der Waals surface area contributed by atoms with Gasteiger partial charge in [-0.2, -0.15) is 0 Å². The van der Waals surface area contributed by atoms with E-state index in [1.54, 1.807) is 12.1 Å². The number of hydrogen-bond acceptors (Lipinski definition) is 3. The number of nitrogen functional groups attached to an aromatic ring is 1. The molecule has 4 heteroatoms. The molecule has 0 amide bonds. The third-order valence-corrected chi connectivity index (χ3v) is 4.74. The van der Waals surface area contributed by atoms with Gasteiger partial charge in [0.25, 0.3) is 0 Å². The second kappa shape index (κ2) is 6.61. The first kappa shape index (κ1) is 15.4. The van der Waals surface area contributed by atoms with Gasteiger partial charge in [0.1, 0.15) is 6.10 Å². The van der Waals surface area contributed by atoms with Crippen molar-refractivity contribution < 1.29 is 9.53 Å². The van der Waals surface area contributed by atoms with Gasteiger partial charge in [-0.25, -0.2) is 4.79 Å². The van der Waals surface area contributed by atoms with Crippen molar-refractivity contribution in [3.8, 4) is 0 Å².